The second-order valence-corrected chi connectivity index (χ2v) is 5.07. The summed E-state index contributed by atoms with van der Waals surface area (Å²) >= 11 is 0. The lowest BCUT2D eigenvalue weighted by atomic mass is 10.0. The smallest absolute Gasteiger partial charge is 0.168 e. The van der Waals surface area contributed by atoms with Crippen LogP contribution in [0.2, 0.25) is 0 Å². The molecule has 98 valence electrons. The molecule has 0 aliphatic rings. The van der Waals surface area contributed by atoms with Crippen molar-refractivity contribution in [2.45, 2.75) is 6.42 Å². The molecule has 1 N–H and O–H groups in total. The van der Waals surface area contributed by atoms with E-state index < -0.39 is 0 Å². The number of hydrogen-bond acceptors (Lipinski definition) is 1. The van der Waals surface area contributed by atoms with E-state index in [1.54, 1.807) is 0 Å². The third kappa shape index (κ3) is 3.76. The van der Waals surface area contributed by atoms with Gasteiger partial charge in [-0.1, -0.05) is 54.6 Å². The molecule has 0 spiro atoms. The van der Waals surface area contributed by atoms with Gasteiger partial charge in [0.1, 0.15) is 0 Å². The van der Waals surface area contributed by atoms with Crippen LogP contribution in [-0.4, -0.2) is 26.4 Å². The van der Waals surface area contributed by atoms with Gasteiger partial charge in [0.25, 0.3) is 0 Å². The molecule has 2 heteroatoms. The van der Waals surface area contributed by atoms with Gasteiger partial charge in [-0.15, -0.1) is 0 Å². The molecule has 0 fully saturated rings. The van der Waals surface area contributed by atoms with Crippen LogP contribution in [0.15, 0.2) is 54.6 Å². The summed E-state index contributed by atoms with van der Waals surface area (Å²) in [5, 5.41) is 0. The van der Waals surface area contributed by atoms with E-state index in [0.717, 1.165) is 17.7 Å². The Morgan fingerprint density at radius 3 is 2.05 bits per heavy atom. The maximum atomic E-state index is 12.0. The van der Waals surface area contributed by atoms with Gasteiger partial charge in [-0.05, 0) is 11.1 Å². The summed E-state index contributed by atoms with van der Waals surface area (Å²) in [6, 6.07) is 18.1. The van der Waals surface area contributed by atoms with Crippen molar-refractivity contribution in [3.05, 3.63) is 60.2 Å². The normalized spacial score (nSPS) is 10.7. The van der Waals surface area contributed by atoms with E-state index in [1.807, 2.05) is 42.5 Å². The van der Waals surface area contributed by atoms with E-state index in [4.69, 9.17) is 0 Å². The van der Waals surface area contributed by atoms with Crippen LogP contribution in [0.1, 0.15) is 16.8 Å². The fourth-order valence-corrected chi connectivity index (χ4v) is 1.99. The van der Waals surface area contributed by atoms with E-state index in [2.05, 4.69) is 26.2 Å². The molecule has 19 heavy (non-hydrogen) atoms. The van der Waals surface area contributed by atoms with E-state index >= 15 is 0 Å². The molecule has 2 aromatic rings. The van der Waals surface area contributed by atoms with Crippen LogP contribution in [0.4, 0.5) is 0 Å². The monoisotopic (exact) mass is 254 g/mol. The lowest BCUT2D eigenvalue weighted by molar-refractivity contribution is -0.857. The summed E-state index contributed by atoms with van der Waals surface area (Å²) in [6.45, 7) is 0.874. The van der Waals surface area contributed by atoms with E-state index in [1.165, 1.54) is 10.5 Å². The molecule has 0 bridgehead atoms. The van der Waals surface area contributed by atoms with Gasteiger partial charge in [0.05, 0.1) is 27.1 Å². The fraction of sp³-hybridized carbons (Fsp3) is 0.235. The highest BCUT2D eigenvalue weighted by molar-refractivity contribution is 5.96. The highest BCUT2D eigenvalue weighted by Gasteiger charge is 2.07. The van der Waals surface area contributed by atoms with Gasteiger partial charge in [0.15, 0.2) is 5.78 Å². The first-order chi connectivity index (χ1) is 9.16. The number of nitrogens with one attached hydrogen (secondary N) is 1. The van der Waals surface area contributed by atoms with Crippen LogP contribution in [0.3, 0.4) is 0 Å². The Morgan fingerprint density at radius 1 is 0.895 bits per heavy atom. The van der Waals surface area contributed by atoms with Crippen molar-refractivity contribution in [1.82, 2.24) is 0 Å². The third-order valence-corrected chi connectivity index (χ3v) is 3.17. The number of ketones is 1. The van der Waals surface area contributed by atoms with Gasteiger partial charge in [-0.25, -0.2) is 0 Å². The van der Waals surface area contributed by atoms with Crippen molar-refractivity contribution in [3.8, 4) is 11.1 Å². The molecule has 0 unspecified atom stereocenters. The first-order valence-electron chi connectivity index (χ1n) is 6.64. The summed E-state index contributed by atoms with van der Waals surface area (Å²) in [7, 11) is 4.12. The number of hydrogen-bond donors (Lipinski definition) is 1. The lowest BCUT2D eigenvalue weighted by Crippen LogP contribution is -3.05. The average molecular weight is 254 g/mol. The number of carbonyl (C=O) groups is 1. The Balaban J connectivity index is 2.08. The van der Waals surface area contributed by atoms with Crippen molar-refractivity contribution in [2.24, 2.45) is 0 Å². The van der Waals surface area contributed by atoms with Crippen LogP contribution in [0, 0.1) is 0 Å². The Hall–Kier alpha value is -1.93. The predicted molar refractivity (Wildman–Crippen MR) is 78.5 cm³/mol. The van der Waals surface area contributed by atoms with E-state index in [-0.39, 0.29) is 5.78 Å². The molecule has 0 aliphatic heterocycles. The van der Waals surface area contributed by atoms with Crippen molar-refractivity contribution < 1.29 is 9.69 Å². The number of quaternary nitrogens is 1. The minimum atomic E-state index is 0.223. The number of Topliss-reactive ketones (excluding diaryl/α,β-unsaturated/α-hetero) is 1. The second-order valence-electron chi connectivity index (χ2n) is 5.07. The third-order valence-electron chi connectivity index (χ3n) is 3.17. The van der Waals surface area contributed by atoms with Gasteiger partial charge < -0.3 is 4.90 Å². The zero-order valence-corrected chi connectivity index (χ0v) is 11.5. The predicted octanol–water partition coefficient (Wildman–Crippen LogP) is 2.07. The molecule has 2 aromatic carbocycles. The van der Waals surface area contributed by atoms with Crippen LogP contribution in [-0.2, 0) is 0 Å². The van der Waals surface area contributed by atoms with Crippen LogP contribution in [0.5, 0.6) is 0 Å². The van der Waals surface area contributed by atoms with Crippen molar-refractivity contribution in [3.63, 3.8) is 0 Å². The molecule has 0 aromatic heterocycles. The summed E-state index contributed by atoms with van der Waals surface area (Å²) < 4.78 is 0. The summed E-state index contributed by atoms with van der Waals surface area (Å²) in [5.41, 5.74) is 3.13. The number of benzene rings is 2. The average Bonchev–Trinajstić information content (AvgIpc) is 2.46. The first kappa shape index (κ1) is 13.5. The van der Waals surface area contributed by atoms with E-state index in [0.29, 0.717) is 6.42 Å². The molecule has 0 amide bonds. The molecule has 0 radical (unpaired) electrons. The fourth-order valence-electron chi connectivity index (χ4n) is 1.99. The Labute approximate surface area is 114 Å². The topological polar surface area (TPSA) is 21.5 Å². The molecule has 0 aliphatic carbocycles. The molecule has 0 saturated carbocycles. The molecular weight excluding hydrogens is 234 g/mol. The number of carbonyl (C=O) groups excluding carboxylic acids is 1. The van der Waals surface area contributed by atoms with Gasteiger partial charge in [-0.2, -0.15) is 0 Å². The van der Waals surface area contributed by atoms with Crippen molar-refractivity contribution >= 4 is 5.78 Å². The minimum absolute atomic E-state index is 0.223. The van der Waals surface area contributed by atoms with Crippen molar-refractivity contribution in [2.75, 3.05) is 20.6 Å². The second kappa shape index (κ2) is 6.30. The zero-order chi connectivity index (χ0) is 13.7. The number of rotatable bonds is 5. The van der Waals surface area contributed by atoms with Gasteiger partial charge in [0, 0.05) is 5.56 Å². The largest absolute Gasteiger partial charge is 0.339 e. The Bertz CT molecular complexity index is 529. The van der Waals surface area contributed by atoms with Gasteiger partial charge >= 0.3 is 0 Å². The molecule has 2 rings (SSSR count). The summed E-state index contributed by atoms with van der Waals surface area (Å²) in [6.07, 6.45) is 0.604. The highest BCUT2D eigenvalue weighted by atomic mass is 16.1. The van der Waals surface area contributed by atoms with Crippen LogP contribution in [0.25, 0.3) is 11.1 Å². The SMILES string of the molecule is C[NH+](C)CCC(=O)c1ccc(-c2ccccc2)cc1. The summed E-state index contributed by atoms with van der Waals surface area (Å²) in [4.78, 5) is 13.3. The first-order valence-corrected chi connectivity index (χ1v) is 6.64. The van der Waals surface area contributed by atoms with E-state index in [9.17, 15) is 4.79 Å². The minimum Gasteiger partial charge on any atom is -0.339 e. The molecular formula is C17H20NO+. The van der Waals surface area contributed by atoms with Gasteiger partial charge in [0.2, 0.25) is 0 Å². The zero-order valence-electron chi connectivity index (χ0n) is 11.5. The van der Waals surface area contributed by atoms with Gasteiger partial charge in [-0.3, -0.25) is 4.79 Å². The molecule has 0 heterocycles. The Morgan fingerprint density at radius 2 is 1.47 bits per heavy atom. The quantitative estimate of drug-likeness (QED) is 0.811. The van der Waals surface area contributed by atoms with Crippen molar-refractivity contribution in [1.29, 1.82) is 0 Å². The maximum Gasteiger partial charge on any atom is 0.168 e. The highest BCUT2D eigenvalue weighted by Crippen LogP contribution is 2.19. The standard InChI is InChI=1S/C17H19NO/c1-18(2)13-12-17(19)16-10-8-15(9-11-16)14-6-4-3-5-7-14/h3-11H,12-13H2,1-2H3/p+1. The van der Waals surface area contributed by atoms with Crippen LogP contribution < -0.4 is 4.90 Å². The lowest BCUT2D eigenvalue weighted by Gasteiger charge is -2.07. The summed E-state index contributed by atoms with van der Waals surface area (Å²) in [5.74, 6) is 0.223. The van der Waals surface area contributed by atoms with Crippen LogP contribution >= 0.6 is 0 Å². The Kier molecular flexibility index (Phi) is 4.48. The maximum absolute atomic E-state index is 12.0. The molecule has 0 saturated heterocycles. The molecule has 0 atom stereocenters. The molecule has 2 nitrogen and oxygen atoms in total.